The lowest BCUT2D eigenvalue weighted by molar-refractivity contribution is 0.00578. The summed E-state index contributed by atoms with van der Waals surface area (Å²) in [5.41, 5.74) is -1.22. The summed E-state index contributed by atoms with van der Waals surface area (Å²) < 4.78 is 26.9. The van der Waals surface area contributed by atoms with Crippen molar-refractivity contribution in [3.63, 3.8) is 0 Å². The topological polar surface area (TPSA) is 40.5 Å². The van der Waals surface area contributed by atoms with E-state index in [1.807, 2.05) is 27.7 Å². The first-order chi connectivity index (χ1) is 9.12. The van der Waals surface area contributed by atoms with E-state index in [-0.39, 0.29) is 5.56 Å². The van der Waals surface area contributed by atoms with Crippen molar-refractivity contribution < 1.29 is 13.7 Å². The lowest BCUT2D eigenvalue weighted by Gasteiger charge is -2.32. The number of rotatable bonds is 2. The lowest BCUT2D eigenvalue weighted by Crippen LogP contribution is -2.41. The van der Waals surface area contributed by atoms with E-state index in [9.17, 15) is 9.18 Å². The van der Waals surface area contributed by atoms with Crippen LogP contribution in [-0.4, -0.2) is 22.9 Å². The van der Waals surface area contributed by atoms with E-state index < -0.39 is 24.0 Å². The van der Waals surface area contributed by atoms with Crippen molar-refractivity contribution in [1.82, 2.24) is 4.57 Å². The van der Waals surface area contributed by atoms with Gasteiger partial charge in [0.25, 0.3) is 0 Å². The van der Waals surface area contributed by atoms with Crippen LogP contribution in [0.15, 0.2) is 28.9 Å². The molecular weight excluding hydrogens is 260 g/mol. The zero-order valence-corrected chi connectivity index (χ0v) is 12.4. The summed E-state index contributed by atoms with van der Waals surface area (Å²) in [4.78, 5) is 11.3. The summed E-state index contributed by atoms with van der Waals surface area (Å²) in [6.07, 6.45) is 2.88. The molecule has 2 rings (SSSR count). The van der Waals surface area contributed by atoms with Gasteiger partial charge in [-0.25, -0.2) is 4.39 Å². The molecule has 1 aliphatic heterocycles. The molecule has 2 heterocycles. The summed E-state index contributed by atoms with van der Waals surface area (Å²) in [7, 11) is 0.601. The predicted octanol–water partition coefficient (Wildman–Crippen LogP) is 2.33. The Hall–Kier alpha value is -1.40. The number of aromatic nitrogens is 1. The van der Waals surface area contributed by atoms with Gasteiger partial charge >= 0.3 is 7.12 Å². The standard InChI is InChI=1S/C14H19BFNO3/c1-13(2)14(3,4)20-15(19-13)11(16)8-10-6-7-12(18)17(5)9-10/h6-9H,1-5H3. The third-order valence-corrected chi connectivity index (χ3v) is 3.89. The smallest absolute Gasteiger partial charge is 0.398 e. The van der Waals surface area contributed by atoms with Gasteiger partial charge in [-0.3, -0.25) is 4.79 Å². The molecule has 0 N–H and O–H groups in total. The molecule has 0 bridgehead atoms. The second kappa shape index (κ2) is 4.86. The molecule has 1 aliphatic rings. The third-order valence-electron chi connectivity index (χ3n) is 3.89. The summed E-state index contributed by atoms with van der Waals surface area (Å²) >= 11 is 0. The Balaban J connectivity index is 2.24. The minimum absolute atomic E-state index is 0.141. The second-order valence-electron chi connectivity index (χ2n) is 6.03. The Labute approximate surface area is 118 Å². The first-order valence-corrected chi connectivity index (χ1v) is 6.52. The van der Waals surface area contributed by atoms with E-state index in [2.05, 4.69) is 0 Å². The van der Waals surface area contributed by atoms with Gasteiger partial charge in [-0.1, -0.05) is 0 Å². The summed E-state index contributed by atoms with van der Waals surface area (Å²) in [5, 5.41) is 0. The van der Waals surface area contributed by atoms with Crippen molar-refractivity contribution in [2.24, 2.45) is 7.05 Å². The Morgan fingerprint density at radius 2 is 1.80 bits per heavy atom. The normalized spacial score (nSPS) is 21.3. The van der Waals surface area contributed by atoms with Crippen molar-refractivity contribution in [3.8, 4) is 0 Å². The molecule has 0 atom stereocenters. The summed E-state index contributed by atoms with van der Waals surface area (Å²) in [6, 6.07) is 2.95. The molecule has 0 aromatic carbocycles. The molecule has 0 saturated carbocycles. The zero-order valence-electron chi connectivity index (χ0n) is 12.4. The zero-order chi connectivity index (χ0) is 15.1. The molecule has 0 unspecified atom stereocenters. The van der Waals surface area contributed by atoms with Gasteiger partial charge in [0.1, 0.15) is 5.73 Å². The van der Waals surface area contributed by atoms with Crippen LogP contribution >= 0.6 is 0 Å². The molecule has 108 valence electrons. The van der Waals surface area contributed by atoms with Crippen LogP contribution in [0.1, 0.15) is 33.3 Å². The van der Waals surface area contributed by atoms with Gasteiger partial charge in [-0.15, -0.1) is 0 Å². The highest BCUT2D eigenvalue weighted by Gasteiger charge is 2.53. The van der Waals surface area contributed by atoms with E-state index >= 15 is 0 Å². The van der Waals surface area contributed by atoms with Crippen LogP contribution in [0.5, 0.6) is 0 Å². The van der Waals surface area contributed by atoms with Gasteiger partial charge in [0, 0.05) is 19.3 Å². The fraction of sp³-hybridized carbons (Fsp3) is 0.500. The van der Waals surface area contributed by atoms with Gasteiger partial charge in [-0.2, -0.15) is 0 Å². The van der Waals surface area contributed by atoms with E-state index in [0.717, 1.165) is 0 Å². The van der Waals surface area contributed by atoms with E-state index in [0.29, 0.717) is 5.56 Å². The van der Waals surface area contributed by atoms with Crippen LogP contribution < -0.4 is 5.56 Å². The maximum Gasteiger partial charge on any atom is 0.525 e. The summed E-state index contributed by atoms with van der Waals surface area (Å²) in [5.74, 6) is 0. The van der Waals surface area contributed by atoms with Crippen molar-refractivity contribution >= 4 is 13.2 Å². The van der Waals surface area contributed by atoms with Crippen LogP contribution in [0.3, 0.4) is 0 Å². The highest BCUT2D eigenvalue weighted by Crippen LogP contribution is 2.38. The van der Waals surface area contributed by atoms with Crippen molar-refractivity contribution in [1.29, 1.82) is 0 Å². The predicted molar refractivity (Wildman–Crippen MR) is 76.9 cm³/mol. The van der Waals surface area contributed by atoms with Crippen molar-refractivity contribution in [2.75, 3.05) is 0 Å². The highest BCUT2D eigenvalue weighted by molar-refractivity contribution is 6.54. The maximum atomic E-state index is 14.2. The second-order valence-corrected chi connectivity index (χ2v) is 6.03. The Bertz CT molecular complexity index is 591. The van der Waals surface area contributed by atoms with Crippen LogP contribution in [0.2, 0.25) is 0 Å². The van der Waals surface area contributed by atoms with E-state index in [1.54, 1.807) is 19.3 Å². The Kier molecular flexibility index (Phi) is 3.65. The molecule has 0 aliphatic carbocycles. The molecule has 1 fully saturated rings. The fourth-order valence-corrected chi connectivity index (χ4v) is 1.88. The van der Waals surface area contributed by atoms with Crippen LogP contribution in [0, 0.1) is 0 Å². The average Bonchev–Trinajstić information content (AvgIpc) is 2.53. The van der Waals surface area contributed by atoms with Crippen LogP contribution in [0.25, 0.3) is 6.08 Å². The third kappa shape index (κ3) is 2.71. The van der Waals surface area contributed by atoms with Gasteiger partial charge in [0.05, 0.1) is 11.2 Å². The number of hydrogen-bond donors (Lipinski definition) is 0. The minimum atomic E-state index is -1.02. The fourth-order valence-electron chi connectivity index (χ4n) is 1.88. The number of pyridine rings is 1. The van der Waals surface area contributed by atoms with E-state index in [1.165, 1.54) is 16.7 Å². The molecule has 1 aromatic rings. The molecule has 0 radical (unpaired) electrons. The molecule has 1 aromatic heterocycles. The minimum Gasteiger partial charge on any atom is -0.398 e. The van der Waals surface area contributed by atoms with E-state index in [4.69, 9.17) is 9.31 Å². The largest absolute Gasteiger partial charge is 0.525 e. The highest BCUT2D eigenvalue weighted by atomic mass is 19.1. The van der Waals surface area contributed by atoms with Crippen LogP contribution in [0.4, 0.5) is 4.39 Å². The Morgan fingerprint density at radius 1 is 1.25 bits per heavy atom. The molecular formula is C14H19BFNO3. The van der Waals surface area contributed by atoms with Gasteiger partial charge in [-0.05, 0) is 45.4 Å². The maximum absolute atomic E-state index is 14.2. The molecule has 0 spiro atoms. The monoisotopic (exact) mass is 279 g/mol. The number of nitrogens with zero attached hydrogens (tertiary/aromatic N) is 1. The van der Waals surface area contributed by atoms with Crippen molar-refractivity contribution in [3.05, 3.63) is 40.0 Å². The number of hydrogen-bond acceptors (Lipinski definition) is 3. The lowest BCUT2D eigenvalue weighted by atomic mass is 9.87. The quantitative estimate of drug-likeness (QED) is 0.780. The molecule has 0 amide bonds. The van der Waals surface area contributed by atoms with Crippen molar-refractivity contribution in [2.45, 2.75) is 38.9 Å². The molecule has 1 saturated heterocycles. The first kappa shape index (κ1) is 15.0. The molecule has 20 heavy (non-hydrogen) atoms. The SMILES string of the molecule is Cn1cc(C=C(F)B2OC(C)(C)C(C)(C)O2)ccc1=O. The summed E-state index contributed by atoms with van der Waals surface area (Å²) in [6.45, 7) is 7.47. The first-order valence-electron chi connectivity index (χ1n) is 6.52. The number of aryl methyl sites for hydroxylation is 1. The van der Waals surface area contributed by atoms with Gasteiger partial charge in [0.2, 0.25) is 5.56 Å². The van der Waals surface area contributed by atoms with Gasteiger partial charge in [0.15, 0.2) is 0 Å². The van der Waals surface area contributed by atoms with Crippen LogP contribution in [-0.2, 0) is 16.4 Å². The molecule has 4 nitrogen and oxygen atoms in total. The number of halogens is 1. The molecule has 6 heteroatoms. The Morgan fingerprint density at radius 3 is 2.30 bits per heavy atom. The van der Waals surface area contributed by atoms with Gasteiger partial charge < -0.3 is 13.9 Å². The average molecular weight is 279 g/mol.